The standard InChI is InChI=1S/C24H28F3N3O/c1-16(2)22(15-30-11-7-4-8-12-30)29-23(31)18-13-17(3)28-21(14-18)19-9-5-6-10-20(19)24(25,26)27/h5-6,9-10,13-14,22H,1,4,7-8,11-12,15H2,2-3H3,(H,29,31)/t22-/m0/s1. The van der Waals surface area contributed by atoms with E-state index in [4.69, 9.17) is 0 Å². The van der Waals surface area contributed by atoms with Crippen LogP contribution in [0.25, 0.3) is 11.3 Å². The summed E-state index contributed by atoms with van der Waals surface area (Å²) in [5.74, 6) is -0.346. The third-order valence-corrected chi connectivity index (χ3v) is 5.51. The summed E-state index contributed by atoms with van der Waals surface area (Å²) in [6.07, 6.45) is -1.01. The minimum Gasteiger partial charge on any atom is -0.344 e. The second-order valence-electron chi connectivity index (χ2n) is 8.16. The molecule has 4 nitrogen and oxygen atoms in total. The van der Waals surface area contributed by atoms with Crippen molar-refractivity contribution in [3.8, 4) is 11.3 Å². The number of amides is 1. The van der Waals surface area contributed by atoms with Crippen LogP contribution in [0, 0.1) is 6.92 Å². The van der Waals surface area contributed by atoms with Gasteiger partial charge in [-0.25, -0.2) is 0 Å². The van der Waals surface area contributed by atoms with E-state index in [1.165, 1.54) is 30.7 Å². The molecule has 0 spiro atoms. The summed E-state index contributed by atoms with van der Waals surface area (Å²) in [5.41, 5.74) is 0.905. The molecule has 1 amide bonds. The van der Waals surface area contributed by atoms with Gasteiger partial charge in [-0.1, -0.05) is 36.8 Å². The minimum absolute atomic E-state index is 0.0440. The Morgan fingerprint density at radius 2 is 1.87 bits per heavy atom. The van der Waals surface area contributed by atoms with E-state index in [2.05, 4.69) is 21.8 Å². The molecule has 166 valence electrons. The Bertz CT molecular complexity index is 949. The third kappa shape index (κ3) is 5.94. The highest BCUT2D eigenvalue weighted by molar-refractivity contribution is 5.95. The smallest absolute Gasteiger partial charge is 0.344 e. The van der Waals surface area contributed by atoms with E-state index in [0.29, 0.717) is 12.2 Å². The number of pyridine rings is 1. The Morgan fingerprint density at radius 1 is 1.19 bits per heavy atom. The molecule has 0 bridgehead atoms. The summed E-state index contributed by atoms with van der Waals surface area (Å²) >= 11 is 0. The molecule has 1 fully saturated rings. The molecule has 1 aliphatic rings. The SMILES string of the molecule is C=C(C)[C@H](CN1CCCCC1)NC(=O)c1cc(C)nc(-c2ccccc2C(F)(F)F)c1. The van der Waals surface area contributed by atoms with Crippen molar-refractivity contribution in [3.05, 3.63) is 65.4 Å². The first-order chi connectivity index (χ1) is 14.6. The average molecular weight is 432 g/mol. The summed E-state index contributed by atoms with van der Waals surface area (Å²) in [5, 5.41) is 3.00. The lowest BCUT2D eigenvalue weighted by Crippen LogP contribution is -2.45. The predicted octanol–water partition coefficient (Wildman–Crippen LogP) is 5.24. The first-order valence-corrected chi connectivity index (χ1v) is 10.5. The molecular formula is C24H28F3N3O. The second-order valence-corrected chi connectivity index (χ2v) is 8.16. The number of piperidine rings is 1. The number of rotatable bonds is 6. The molecule has 0 aliphatic carbocycles. The van der Waals surface area contributed by atoms with E-state index in [9.17, 15) is 18.0 Å². The highest BCUT2D eigenvalue weighted by atomic mass is 19.4. The van der Waals surface area contributed by atoms with Crippen LogP contribution in [0.2, 0.25) is 0 Å². The summed E-state index contributed by atoms with van der Waals surface area (Å²) in [6.45, 7) is 10.2. The molecule has 2 heterocycles. The molecule has 1 aromatic heterocycles. The zero-order valence-electron chi connectivity index (χ0n) is 17.9. The largest absolute Gasteiger partial charge is 0.417 e. The number of hydrogen-bond donors (Lipinski definition) is 1. The lowest BCUT2D eigenvalue weighted by atomic mass is 10.0. The number of carbonyl (C=O) groups is 1. The van der Waals surface area contributed by atoms with Gasteiger partial charge in [0.25, 0.3) is 5.91 Å². The summed E-state index contributed by atoms with van der Waals surface area (Å²) in [6, 6.07) is 8.05. The Balaban J connectivity index is 1.85. The number of likely N-dealkylation sites (tertiary alicyclic amines) is 1. The van der Waals surface area contributed by atoms with Gasteiger partial charge in [-0.15, -0.1) is 0 Å². The molecule has 1 N–H and O–H groups in total. The Hall–Kier alpha value is -2.67. The van der Waals surface area contributed by atoms with Crippen LogP contribution in [-0.4, -0.2) is 41.5 Å². The van der Waals surface area contributed by atoms with Gasteiger partial charge >= 0.3 is 6.18 Å². The van der Waals surface area contributed by atoms with Gasteiger partial charge in [0.05, 0.1) is 17.3 Å². The van der Waals surface area contributed by atoms with Crippen LogP contribution in [-0.2, 0) is 6.18 Å². The number of nitrogens with one attached hydrogen (secondary N) is 1. The number of alkyl halides is 3. The van der Waals surface area contributed by atoms with E-state index in [0.717, 1.165) is 37.6 Å². The zero-order valence-corrected chi connectivity index (χ0v) is 17.9. The van der Waals surface area contributed by atoms with Gasteiger partial charge in [0.2, 0.25) is 0 Å². The van der Waals surface area contributed by atoms with Gasteiger partial charge in [0.15, 0.2) is 0 Å². The number of carbonyl (C=O) groups excluding carboxylic acids is 1. The summed E-state index contributed by atoms with van der Waals surface area (Å²) in [4.78, 5) is 19.6. The second kappa shape index (κ2) is 9.64. The topological polar surface area (TPSA) is 45.2 Å². The molecule has 1 saturated heterocycles. The fourth-order valence-corrected chi connectivity index (χ4v) is 3.86. The fraction of sp³-hybridized carbons (Fsp3) is 0.417. The van der Waals surface area contributed by atoms with Crippen LogP contribution in [0.4, 0.5) is 13.2 Å². The van der Waals surface area contributed by atoms with Gasteiger partial charge in [0, 0.05) is 23.4 Å². The quantitative estimate of drug-likeness (QED) is 0.637. The van der Waals surface area contributed by atoms with Crippen molar-refractivity contribution in [1.29, 1.82) is 0 Å². The van der Waals surface area contributed by atoms with Crippen LogP contribution in [0.5, 0.6) is 0 Å². The Kier molecular flexibility index (Phi) is 7.15. The maximum Gasteiger partial charge on any atom is 0.417 e. The predicted molar refractivity (Wildman–Crippen MR) is 116 cm³/mol. The molecule has 3 rings (SSSR count). The first-order valence-electron chi connectivity index (χ1n) is 10.5. The third-order valence-electron chi connectivity index (χ3n) is 5.51. The van der Waals surface area contributed by atoms with Gasteiger partial charge in [0.1, 0.15) is 0 Å². The lowest BCUT2D eigenvalue weighted by Gasteiger charge is -2.31. The van der Waals surface area contributed by atoms with E-state index >= 15 is 0 Å². The molecule has 0 unspecified atom stereocenters. The van der Waals surface area contributed by atoms with Crippen molar-refractivity contribution >= 4 is 5.91 Å². The molecule has 0 radical (unpaired) electrons. The van der Waals surface area contributed by atoms with Gasteiger partial charge < -0.3 is 10.2 Å². The Labute approximate surface area is 181 Å². The molecule has 7 heteroatoms. The van der Waals surface area contributed by atoms with E-state index in [1.807, 2.05) is 6.92 Å². The summed E-state index contributed by atoms with van der Waals surface area (Å²) in [7, 11) is 0. The van der Waals surface area contributed by atoms with Crippen molar-refractivity contribution < 1.29 is 18.0 Å². The van der Waals surface area contributed by atoms with Crippen molar-refractivity contribution in [2.45, 2.75) is 45.3 Å². The monoisotopic (exact) mass is 431 g/mol. The van der Waals surface area contributed by atoms with Crippen molar-refractivity contribution in [2.75, 3.05) is 19.6 Å². The van der Waals surface area contributed by atoms with Crippen molar-refractivity contribution in [2.24, 2.45) is 0 Å². The van der Waals surface area contributed by atoms with E-state index in [-0.39, 0.29) is 28.8 Å². The Morgan fingerprint density at radius 3 is 2.52 bits per heavy atom. The van der Waals surface area contributed by atoms with Gasteiger partial charge in [-0.05, 0) is 58.0 Å². The number of halogens is 3. The van der Waals surface area contributed by atoms with Crippen molar-refractivity contribution in [1.82, 2.24) is 15.2 Å². The number of hydrogen-bond acceptors (Lipinski definition) is 3. The van der Waals surface area contributed by atoms with Gasteiger partial charge in [-0.3, -0.25) is 9.78 Å². The molecule has 1 aromatic carbocycles. The molecule has 0 saturated carbocycles. The lowest BCUT2D eigenvalue weighted by molar-refractivity contribution is -0.137. The molecule has 1 atom stereocenters. The van der Waals surface area contributed by atoms with Crippen LogP contribution >= 0.6 is 0 Å². The number of nitrogens with zero attached hydrogens (tertiary/aromatic N) is 2. The number of aromatic nitrogens is 1. The average Bonchev–Trinajstić information content (AvgIpc) is 2.73. The van der Waals surface area contributed by atoms with Gasteiger partial charge in [-0.2, -0.15) is 13.2 Å². The normalized spacial score (nSPS) is 16.0. The number of benzene rings is 1. The van der Waals surface area contributed by atoms with E-state index < -0.39 is 11.7 Å². The van der Waals surface area contributed by atoms with Crippen LogP contribution in [0.3, 0.4) is 0 Å². The zero-order chi connectivity index (χ0) is 22.6. The van der Waals surface area contributed by atoms with Crippen LogP contribution in [0.1, 0.15) is 47.8 Å². The maximum absolute atomic E-state index is 13.5. The molecule has 2 aromatic rings. The molecule has 1 aliphatic heterocycles. The first kappa shape index (κ1) is 23.0. The summed E-state index contributed by atoms with van der Waals surface area (Å²) < 4.78 is 40.4. The molecule has 31 heavy (non-hydrogen) atoms. The fourth-order valence-electron chi connectivity index (χ4n) is 3.86. The highest BCUT2D eigenvalue weighted by Gasteiger charge is 2.34. The van der Waals surface area contributed by atoms with E-state index in [1.54, 1.807) is 13.0 Å². The van der Waals surface area contributed by atoms with Crippen LogP contribution in [0.15, 0.2) is 48.6 Å². The maximum atomic E-state index is 13.5. The number of aryl methyl sites for hydroxylation is 1. The van der Waals surface area contributed by atoms with Crippen molar-refractivity contribution in [3.63, 3.8) is 0 Å². The van der Waals surface area contributed by atoms with Crippen LogP contribution < -0.4 is 5.32 Å². The minimum atomic E-state index is -4.51. The highest BCUT2D eigenvalue weighted by Crippen LogP contribution is 2.36. The molecular weight excluding hydrogens is 403 g/mol.